The topological polar surface area (TPSA) is 57.2 Å². The Balaban J connectivity index is 1.53. The van der Waals surface area contributed by atoms with Crippen LogP contribution in [0.3, 0.4) is 0 Å². The summed E-state index contributed by atoms with van der Waals surface area (Å²) in [6.07, 6.45) is 0.0207. The lowest BCUT2D eigenvalue weighted by molar-refractivity contribution is -0.143. The Hall–Kier alpha value is -3.67. The second-order valence-corrected chi connectivity index (χ2v) is 7.87. The molecule has 0 fully saturated rings. The third kappa shape index (κ3) is 3.51. The van der Waals surface area contributed by atoms with Crippen LogP contribution in [0, 0.1) is 0 Å². The molecule has 2 aliphatic rings. The van der Waals surface area contributed by atoms with Crippen LogP contribution in [0.2, 0.25) is 0 Å². The van der Waals surface area contributed by atoms with E-state index in [0.29, 0.717) is 29.5 Å². The molecule has 5 rings (SSSR count). The molecule has 6 heteroatoms. The van der Waals surface area contributed by atoms with E-state index in [1.165, 1.54) is 0 Å². The molecule has 164 valence electrons. The van der Waals surface area contributed by atoms with E-state index in [9.17, 15) is 4.79 Å². The molecule has 3 aromatic carbocycles. The Morgan fingerprint density at radius 3 is 2.38 bits per heavy atom. The molecule has 1 amide bonds. The van der Waals surface area contributed by atoms with Crippen molar-refractivity contribution in [2.75, 3.05) is 27.4 Å². The van der Waals surface area contributed by atoms with Crippen LogP contribution in [0.15, 0.2) is 66.7 Å². The normalized spacial score (nSPS) is 19.1. The van der Waals surface area contributed by atoms with Gasteiger partial charge in [-0.25, -0.2) is 0 Å². The van der Waals surface area contributed by atoms with E-state index in [2.05, 4.69) is 0 Å². The summed E-state index contributed by atoms with van der Waals surface area (Å²) < 4.78 is 22.9. The Kier molecular flexibility index (Phi) is 5.35. The Bertz CT molecular complexity index is 1130. The number of nitrogens with zero attached hydrogens (tertiary/aromatic N) is 1. The van der Waals surface area contributed by atoms with Gasteiger partial charge in [-0.2, -0.15) is 0 Å². The van der Waals surface area contributed by atoms with Crippen molar-refractivity contribution in [2.45, 2.75) is 18.6 Å². The summed E-state index contributed by atoms with van der Waals surface area (Å²) in [6.45, 7) is 0.759. The van der Waals surface area contributed by atoms with Gasteiger partial charge < -0.3 is 23.8 Å². The van der Waals surface area contributed by atoms with Crippen molar-refractivity contribution >= 4 is 5.91 Å². The molecule has 0 unspecified atom stereocenters. The number of para-hydroxylation sites is 2. The standard InChI is InChI=1S/C26H25NO5/c1-29-22-14-18-12-13-27(26(28)24-16-31-20-10-6-7-11-21(20)32-24)25(17-8-4-3-5-9-17)19(18)15-23(22)30-2/h3-11,14-15,24-25H,12-13,16H2,1-2H3/t24-,25+/m1/s1. The van der Waals surface area contributed by atoms with E-state index in [0.717, 1.165) is 23.1 Å². The fraction of sp³-hybridized carbons (Fsp3) is 0.269. The summed E-state index contributed by atoms with van der Waals surface area (Å²) >= 11 is 0. The second kappa shape index (κ2) is 8.46. The highest BCUT2D eigenvalue weighted by Gasteiger charge is 2.38. The van der Waals surface area contributed by atoms with Gasteiger partial charge in [0.05, 0.1) is 20.3 Å². The SMILES string of the molecule is COc1cc2c(cc1OC)[C@H](c1ccccc1)N(C(=O)[C@H]1COc3ccccc3O1)CC2. The number of carbonyl (C=O) groups is 1. The van der Waals surface area contributed by atoms with Crippen molar-refractivity contribution in [1.29, 1.82) is 0 Å². The van der Waals surface area contributed by atoms with E-state index in [1.807, 2.05) is 71.6 Å². The molecule has 0 aromatic heterocycles. The molecule has 6 nitrogen and oxygen atoms in total. The van der Waals surface area contributed by atoms with Gasteiger partial charge in [0.1, 0.15) is 6.61 Å². The summed E-state index contributed by atoms with van der Waals surface area (Å²) in [6, 6.07) is 21.2. The van der Waals surface area contributed by atoms with Crippen LogP contribution >= 0.6 is 0 Å². The molecule has 0 bridgehead atoms. The first-order chi connectivity index (χ1) is 15.7. The van der Waals surface area contributed by atoms with Crippen LogP contribution in [0.1, 0.15) is 22.7 Å². The molecule has 3 aromatic rings. The molecule has 2 heterocycles. The maximum Gasteiger partial charge on any atom is 0.268 e. The van der Waals surface area contributed by atoms with Crippen LogP contribution < -0.4 is 18.9 Å². The maximum absolute atomic E-state index is 13.7. The summed E-state index contributed by atoms with van der Waals surface area (Å²) in [5.74, 6) is 2.51. The third-order valence-electron chi connectivity index (χ3n) is 6.06. The van der Waals surface area contributed by atoms with Crippen molar-refractivity contribution < 1.29 is 23.7 Å². The van der Waals surface area contributed by atoms with Gasteiger partial charge in [-0.1, -0.05) is 42.5 Å². The van der Waals surface area contributed by atoms with E-state index in [4.69, 9.17) is 18.9 Å². The number of ether oxygens (including phenoxy) is 4. The predicted molar refractivity (Wildman–Crippen MR) is 120 cm³/mol. The van der Waals surface area contributed by atoms with E-state index < -0.39 is 6.10 Å². The number of hydrogen-bond acceptors (Lipinski definition) is 5. The van der Waals surface area contributed by atoms with E-state index in [1.54, 1.807) is 14.2 Å². The summed E-state index contributed by atoms with van der Waals surface area (Å²) in [7, 11) is 3.26. The van der Waals surface area contributed by atoms with Gasteiger partial charge in [-0.05, 0) is 47.4 Å². The first-order valence-electron chi connectivity index (χ1n) is 10.7. The zero-order valence-electron chi connectivity index (χ0n) is 18.1. The quantitative estimate of drug-likeness (QED) is 0.625. The highest BCUT2D eigenvalue weighted by molar-refractivity contribution is 5.83. The molecular formula is C26H25NO5. The van der Waals surface area contributed by atoms with Gasteiger partial charge in [0.25, 0.3) is 5.91 Å². The number of rotatable bonds is 4. The Labute approximate surface area is 187 Å². The minimum Gasteiger partial charge on any atom is -0.493 e. The fourth-order valence-electron chi connectivity index (χ4n) is 4.50. The molecule has 2 aliphatic heterocycles. The van der Waals surface area contributed by atoms with E-state index >= 15 is 0 Å². The first-order valence-corrected chi connectivity index (χ1v) is 10.7. The van der Waals surface area contributed by atoms with Crippen LogP contribution in [-0.2, 0) is 11.2 Å². The number of methoxy groups -OCH3 is 2. The van der Waals surface area contributed by atoms with Gasteiger partial charge in [0, 0.05) is 6.54 Å². The largest absolute Gasteiger partial charge is 0.493 e. The smallest absolute Gasteiger partial charge is 0.268 e. The molecule has 0 aliphatic carbocycles. The zero-order valence-corrected chi connectivity index (χ0v) is 18.1. The van der Waals surface area contributed by atoms with Crippen molar-refractivity contribution in [1.82, 2.24) is 4.90 Å². The van der Waals surface area contributed by atoms with Crippen LogP contribution in [0.25, 0.3) is 0 Å². The number of carbonyl (C=O) groups excluding carboxylic acids is 1. The maximum atomic E-state index is 13.7. The Morgan fingerprint density at radius 2 is 1.62 bits per heavy atom. The lowest BCUT2D eigenvalue weighted by atomic mass is 9.87. The molecule has 2 atom stereocenters. The van der Waals surface area contributed by atoms with Crippen molar-refractivity contribution in [2.24, 2.45) is 0 Å². The molecule has 32 heavy (non-hydrogen) atoms. The third-order valence-corrected chi connectivity index (χ3v) is 6.06. The van der Waals surface area contributed by atoms with Gasteiger partial charge in [-0.3, -0.25) is 4.79 Å². The second-order valence-electron chi connectivity index (χ2n) is 7.87. The molecule has 0 N–H and O–H groups in total. The minimum atomic E-state index is -0.696. The first kappa shape index (κ1) is 20.2. The van der Waals surface area contributed by atoms with Gasteiger partial charge >= 0.3 is 0 Å². The lowest BCUT2D eigenvalue weighted by Crippen LogP contribution is -2.50. The van der Waals surface area contributed by atoms with Crippen molar-refractivity contribution in [3.8, 4) is 23.0 Å². The molecule has 0 radical (unpaired) electrons. The average molecular weight is 431 g/mol. The Morgan fingerprint density at radius 1 is 0.938 bits per heavy atom. The number of amides is 1. The number of fused-ring (bicyclic) bond motifs is 2. The molecule has 0 saturated carbocycles. The highest BCUT2D eigenvalue weighted by Crippen LogP contribution is 2.42. The van der Waals surface area contributed by atoms with Gasteiger partial charge in [-0.15, -0.1) is 0 Å². The number of benzene rings is 3. The van der Waals surface area contributed by atoms with Gasteiger partial charge in [0.15, 0.2) is 23.0 Å². The van der Waals surface area contributed by atoms with Crippen LogP contribution in [0.5, 0.6) is 23.0 Å². The van der Waals surface area contributed by atoms with Crippen LogP contribution in [-0.4, -0.2) is 44.3 Å². The van der Waals surface area contributed by atoms with Crippen LogP contribution in [0.4, 0.5) is 0 Å². The van der Waals surface area contributed by atoms with Crippen molar-refractivity contribution in [3.05, 3.63) is 83.4 Å². The lowest BCUT2D eigenvalue weighted by Gasteiger charge is -2.40. The van der Waals surface area contributed by atoms with E-state index in [-0.39, 0.29) is 18.6 Å². The predicted octanol–water partition coefficient (Wildman–Crippen LogP) is 4.02. The highest BCUT2D eigenvalue weighted by atomic mass is 16.6. The van der Waals surface area contributed by atoms with Gasteiger partial charge in [0.2, 0.25) is 6.10 Å². The van der Waals surface area contributed by atoms with Crippen molar-refractivity contribution in [3.63, 3.8) is 0 Å². The summed E-state index contributed by atoms with van der Waals surface area (Å²) in [5.41, 5.74) is 3.21. The summed E-state index contributed by atoms with van der Waals surface area (Å²) in [5, 5.41) is 0. The summed E-state index contributed by atoms with van der Waals surface area (Å²) in [4.78, 5) is 15.6. The minimum absolute atomic E-state index is 0.0891. The number of hydrogen-bond donors (Lipinski definition) is 0. The molecule has 0 spiro atoms. The monoisotopic (exact) mass is 431 g/mol. The average Bonchev–Trinajstić information content (AvgIpc) is 2.86. The molecular weight excluding hydrogens is 406 g/mol. The zero-order chi connectivity index (χ0) is 22.1. The fourth-order valence-corrected chi connectivity index (χ4v) is 4.50. The molecule has 0 saturated heterocycles.